The summed E-state index contributed by atoms with van der Waals surface area (Å²) in [5, 5.41) is 14.5. The van der Waals surface area contributed by atoms with Gasteiger partial charge in [0.2, 0.25) is 5.01 Å². The zero-order valence-electron chi connectivity index (χ0n) is 17.1. The van der Waals surface area contributed by atoms with Gasteiger partial charge in [-0.25, -0.2) is 0 Å². The summed E-state index contributed by atoms with van der Waals surface area (Å²) in [6.07, 6.45) is 7.57. The van der Waals surface area contributed by atoms with Gasteiger partial charge in [-0.2, -0.15) is 0 Å². The van der Waals surface area contributed by atoms with Crippen LogP contribution in [0, 0.1) is 6.92 Å². The molecule has 1 aliphatic carbocycles. The molecule has 156 valence electrons. The normalized spacial score (nSPS) is 14.7. The molecule has 0 atom stereocenters. The largest absolute Gasteiger partial charge is 0.352 e. The summed E-state index contributed by atoms with van der Waals surface area (Å²) in [6, 6.07) is 7.57. The second-order valence-corrected chi connectivity index (χ2v) is 8.72. The first-order valence-electron chi connectivity index (χ1n) is 10.2. The van der Waals surface area contributed by atoms with Crippen LogP contribution in [0.5, 0.6) is 0 Å². The Morgan fingerprint density at radius 3 is 2.48 bits per heavy atom. The third-order valence-electron chi connectivity index (χ3n) is 5.30. The predicted molar refractivity (Wildman–Crippen MR) is 115 cm³/mol. The number of aryl methyl sites for hydroxylation is 1. The lowest BCUT2D eigenvalue weighted by atomic mass is 9.94. The van der Waals surface area contributed by atoms with E-state index in [-0.39, 0.29) is 11.8 Å². The molecule has 7 nitrogen and oxygen atoms in total. The van der Waals surface area contributed by atoms with Crippen molar-refractivity contribution in [2.75, 3.05) is 25.5 Å². The Morgan fingerprint density at radius 1 is 1.10 bits per heavy atom. The number of aromatic nitrogens is 2. The molecule has 2 aromatic rings. The fourth-order valence-electron chi connectivity index (χ4n) is 3.61. The molecule has 1 aromatic heterocycles. The summed E-state index contributed by atoms with van der Waals surface area (Å²) in [4.78, 5) is 26.9. The van der Waals surface area contributed by atoms with E-state index in [2.05, 4.69) is 32.8 Å². The van der Waals surface area contributed by atoms with Crippen LogP contribution in [0.25, 0.3) is 0 Å². The molecule has 2 amide bonds. The van der Waals surface area contributed by atoms with E-state index >= 15 is 0 Å². The molecule has 8 heteroatoms. The van der Waals surface area contributed by atoms with E-state index in [1.54, 1.807) is 31.2 Å². The van der Waals surface area contributed by atoms with Crippen LogP contribution in [0.4, 0.5) is 5.69 Å². The highest BCUT2D eigenvalue weighted by atomic mass is 32.1. The highest BCUT2D eigenvalue weighted by Crippen LogP contribution is 2.21. The number of carbonyl (C=O) groups excluding carboxylic acids is 2. The van der Waals surface area contributed by atoms with Gasteiger partial charge in [0.25, 0.3) is 11.8 Å². The summed E-state index contributed by atoms with van der Waals surface area (Å²) in [5.74, 6) is -0.391. The highest BCUT2D eigenvalue weighted by molar-refractivity contribution is 7.13. The van der Waals surface area contributed by atoms with E-state index in [0.717, 1.165) is 18.0 Å². The molecule has 1 saturated carbocycles. The van der Waals surface area contributed by atoms with E-state index < -0.39 is 0 Å². The van der Waals surface area contributed by atoms with Gasteiger partial charge in [0.15, 0.2) is 0 Å². The van der Waals surface area contributed by atoms with Gasteiger partial charge < -0.3 is 15.5 Å². The predicted octanol–water partition coefficient (Wildman–Crippen LogP) is 3.48. The third kappa shape index (κ3) is 6.33. The minimum absolute atomic E-state index is 0.0945. The van der Waals surface area contributed by atoms with Gasteiger partial charge in [0.05, 0.1) is 0 Å². The maximum Gasteiger partial charge on any atom is 0.286 e. The number of carbonyl (C=O) groups is 2. The van der Waals surface area contributed by atoms with Gasteiger partial charge in [0, 0.05) is 23.8 Å². The quantitative estimate of drug-likeness (QED) is 0.645. The van der Waals surface area contributed by atoms with Crippen molar-refractivity contribution in [2.24, 2.45) is 0 Å². The molecule has 1 aromatic carbocycles. The summed E-state index contributed by atoms with van der Waals surface area (Å²) < 4.78 is 0. The van der Waals surface area contributed by atoms with Crippen LogP contribution in [0.2, 0.25) is 0 Å². The van der Waals surface area contributed by atoms with Gasteiger partial charge in [-0.1, -0.05) is 30.6 Å². The molecular formula is C21H29N5O2S. The summed E-state index contributed by atoms with van der Waals surface area (Å²) >= 11 is 1.24. The van der Waals surface area contributed by atoms with E-state index in [1.165, 1.54) is 43.4 Å². The van der Waals surface area contributed by atoms with Crippen LogP contribution in [-0.4, -0.2) is 53.1 Å². The molecule has 3 rings (SSSR count). The van der Waals surface area contributed by atoms with Crippen LogP contribution in [0.15, 0.2) is 24.3 Å². The fourth-order valence-corrected chi connectivity index (χ4v) is 4.20. The zero-order valence-corrected chi connectivity index (χ0v) is 17.9. The molecule has 1 fully saturated rings. The second-order valence-electron chi connectivity index (χ2n) is 7.54. The minimum Gasteiger partial charge on any atom is -0.352 e. The van der Waals surface area contributed by atoms with Gasteiger partial charge >= 0.3 is 0 Å². The zero-order chi connectivity index (χ0) is 20.6. The van der Waals surface area contributed by atoms with Gasteiger partial charge in [-0.3, -0.25) is 9.59 Å². The van der Waals surface area contributed by atoms with E-state index in [1.807, 2.05) is 0 Å². The monoisotopic (exact) mass is 415 g/mol. The molecular weight excluding hydrogens is 386 g/mol. The molecule has 0 saturated heterocycles. The minimum atomic E-state index is -0.296. The van der Waals surface area contributed by atoms with Gasteiger partial charge in [-0.05, 0) is 64.0 Å². The van der Waals surface area contributed by atoms with Crippen molar-refractivity contribution in [1.82, 2.24) is 20.4 Å². The summed E-state index contributed by atoms with van der Waals surface area (Å²) in [6.45, 7) is 3.46. The lowest BCUT2D eigenvalue weighted by molar-refractivity contribution is 0.0950. The summed E-state index contributed by atoms with van der Waals surface area (Å²) in [7, 11) is 2.19. The molecule has 29 heavy (non-hydrogen) atoms. The van der Waals surface area contributed by atoms with Crippen LogP contribution in [0.3, 0.4) is 0 Å². The van der Waals surface area contributed by atoms with E-state index in [4.69, 9.17) is 0 Å². The number of hydrogen-bond donors (Lipinski definition) is 2. The first-order chi connectivity index (χ1) is 14.0. The van der Waals surface area contributed by atoms with E-state index in [0.29, 0.717) is 28.8 Å². The lowest BCUT2D eigenvalue weighted by Gasteiger charge is -2.31. The number of rotatable bonds is 8. The Kier molecular flexibility index (Phi) is 7.71. The van der Waals surface area contributed by atoms with Crippen molar-refractivity contribution in [1.29, 1.82) is 0 Å². The molecule has 0 unspecified atom stereocenters. The number of anilines is 1. The number of hydrogen-bond acceptors (Lipinski definition) is 6. The van der Waals surface area contributed by atoms with Crippen molar-refractivity contribution in [3.05, 3.63) is 39.8 Å². The smallest absolute Gasteiger partial charge is 0.286 e. The number of nitrogens with zero attached hydrogens (tertiary/aromatic N) is 3. The number of amides is 2. The Labute approximate surface area is 175 Å². The van der Waals surface area contributed by atoms with Crippen LogP contribution < -0.4 is 10.6 Å². The third-order valence-corrected chi connectivity index (χ3v) is 6.13. The average molecular weight is 416 g/mol. The SMILES string of the molecule is Cc1nnc(C(=O)Nc2ccc(C(=O)NCCCN(C)C3CCCCC3)cc2)s1. The first-order valence-corrected chi connectivity index (χ1v) is 11.0. The Morgan fingerprint density at radius 2 is 1.83 bits per heavy atom. The van der Waals surface area contributed by atoms with Crippen LogP contribution >= 0.6 is 11.3 Å². The van der Waals surface area contributed by atoms with Crippen molar-refractivity contribution in [3.8, 4) is 0 Å². The van der Waals surface area contributed by atoms with E-state index in [9.17, 15) is 9.59 Å². The molecule has 0 spiro atoms. The molecule has 0 radical (unpaired) electrons. The molecule has 2 N–H and O–H groups in total. The second kappa shape index (κ2) is 10.5. The van der Waals surface area contributed by atoms with Gasteiger partial charge in [0.1, 0.15) is 5.01 Å². The maximum absolute atomic E-state index is 12.3. The standard InChI is InChI=1S/C21H29N5O2S/c1-15-24-25-21(29-15)20(28)23-17-11-9-16(10-12-17)19(27)22-13-6-14-26(2)18-7-4-3-5-8-18/h9-12,18H,3-8,13-14H2,1-2H3,(H,22,27)(H,23,28). The maximum atomic E-state index is 12.3. The molecule has 0 bridgehead atoms. The molecule has 0 aliphatic heterocycles. The average Bonchev–Trinajstić information content (AvgIpc) is 3.18. The molecule has 1 aliphatic rings. The number of nitrogens with one attached hydrogen (secondary N) is 2. The Balaban J connectivity index is 1.40. The van der Waals surface area contributed by atoms with Crippen LogP contribution in [0.1, 0.15) is 63.7 Å². The highest BCUT2D eigenvalue weighted by Gasteiger charge is 2.17. The molecule has 1 heterocycles. The Bertz CT molecular complexity index is 815. The van der Waals surface area contributed by atoms with Crippen LogP contribution in [-0.2, 0) is 0 Å². The van der Waals surface area contributed by atoms with Crippen molar-refractivity contribution in [2.45, 2.75) is 51.5 Å². The topological polar surface area (TPSA) is 87.2 Å². The fraction of sp³-hybridized carbons (Fsp3) is 0.524. The number of benzene rings is 1. The lowest BCUT2D eigenvalue weighted by Crippen LogP contribution is -2.35. The summed E-state index contributed by atoms with van der Waals surface area (Å²) in [5.41, 5.74) is 1.20. The van der Waals surface area contributed by atoms with Crippen molar-refractivity contribution < 1.29 is 9.59 Å². The first kappa shape index (κ1) is 21.4. The van der Waals surface area contributed by atoms with Gasteiger partial charge in [-0.15, -0.1) is 10.2 Å². The van der Waals surface area contributed by atoms with Crippen molar-refractivity contribution >= 4 is 28.8 Å². The van der Waals surface area contributed by atoms with Crippen molar-refractivity contribution in [3.63, 3.8) is 0 Å². The Hall–Kier alpha value is -2.32.